The molecule has 6 nitrogen and oxygen atoms in total. The summed E-state index contributed by atoms with van der Waals surface area (Å²) in [5.74, 6) is 1.87. The van der Waals surface area contributed by atoms with Crippen LogP contribution >= 0.6 is 0 Å². The number of hydrogen-bond acceptors (Lipinski definition) is 6. The molecule has 0 atom stereocenters. The van der Waals surface area contributed by atoms with Gasteiger partial charge in [-0.3, -0.25) is 9.97 Å². The van der Waals surface area contributed by atoms with Crippen LogP contribution < -0.4 is 5.32 Å². The largest absolute Gasteiger partial charge is 0.322 e. The van der Waals surface area contributed by atoms with Crippen molar-refractivity contribution < 1.29 is 0 Å². The molecule has 138 valence electrons. The van der Waals surface area contributed by atoms with Gasteiger partial charge in [-0.1, -0.05) is 30.3 Å². The second-order valence-corrected chi connectivity index (χ2v) is 6.90. The van der Waals surface area contributed by atoms with Gasteiger partial charge in [0, 0.05) is 31.1 Å². The van der Waals surface area contributed by atoms with E-state index in [9.17, 15) is 0 Å². The maximum absolute atomic E-state index is 4.75. The third-order valence-corrected chi connectivity index (χ3v) is 5.04. The number of aromatic nitrogens is 4. The van der Waals surface area contributed by atoms with Gasteiger partial charge in [0.2, 0.25) is 0 Å². The molecule has 3 heterocycles. The van der Waals surface area contributed by atoms with E-state index in [1.165, 1.54) is 5.56 Å². The third-order valence-electron chi connectivity index (χ3n) is 5.04. The van der Waals surface area contributed by atoms with Crippen LogP contribution in [0.15, 0.2) is 61.3 Å². The van der Waals surface area contributed by atoms with Crippen molar-refractivity contribution in [3.8, 4) is 0 Å². The molecule has 0 radical (unpaired) electrons. The molecule has 0 spiro atoms. The second-order valence-electron chi connectivity index (χ2n) is 6.90. The minimum Gasteiger partial charge on any atom is -0.322 e. The van der Waals surface area contributed by atoms with E-state index in [1.807, 2.05) is 6.20 Å². The van der Waals surface area contributed by atoms with E-state index in [0.717, 1.165) is 50.4 Å². The minimum absolute atomic E-state index is 0.467. The first-order valence-electron chi connectivity index (χ1n) is 9.48. The fraction of sp³-hybridized carbons (Fsp3) is 0.333. The van der Waals surface area contributed by atoms with Crippen molar-refractivity contribution in [1.82, 2.24) is 24.8 Å². The first-order chi connectivity index (χ1) is 13.4. The van der Waals surface area contributed by atoms with Crippen molar-refractivity contribution >= 4 is 11.6 Å². The van der Waals surface area contributed by atoms with E-state index < -0.39 is 0 Å². The smallest absolute Gasteiger partial charge is 0.150 e. The van der Waals surface area contributed by atoms with Crippen molar-refractivity contribution in [2.24, 2.45) is 0 Å². The molecule has 1 N–H and O–H groups in total. The standard InChI is InChI=1S/C21H24N6/c1-2-4-17(5-3-1)6-11-27-12-7-18(8-13-27)19-14-23-16-21(25-19)26-20-15-22-9-10-24-20/h1-5,9-10,14-16,18H,6-8,11-13H2,(H,24,25,26). The predicted octanol–water partition coefficient (Wildman–Crippen LogP) is 3.43. The molecule has 1 aliphatic heterocycles. The molecule has 0 amide bonds. The summed E-state index contributed by atoms with van der Waals surface area (Å²) in [6.45, 7) is 3.35. The lowest BCUT2D eigenvalue weighted by Gasteiger charge is -2.31. The Balaban J connectivity index is 1.31. The van der Waals surface area contributed by atoms with Crippen LogP contribution in [0.3, 0.4) is 0 Å². The summed E-state index contributed by atoms with van der Waals surface area (Å²) in [7, 11) is 0. The van der Waals surface area contributed by atoms with Gasteiger partial charge < -0.3 is 10.2 Å². The Morgan fingerprint density at radius 1 is 0.926 bits per heavy atom. The number of benzene rings is 1. The van der Waals surface area contributed by atoms with Gasteiger partial charge in [0.1, 0.15) is 11.6 Å². The summed E-state index contributed by atoms with van der Waals surface area (Å²) in [5.41, 5.74) is 2.47. The molecule has 0 aliphatic carbocycles. The molecule has 2 aromatic heterocycles. The molecule has 1 fully saturated rings. The van der Waals surface area contributed by atoms with Gasteiger partial charge in [0.05, 0.1) is 18.1 Å². The van der Waals surface area contributed by atoms with E-state index in [1.54, 1.807) is 24.8 Å². The summed E-state index contributed by atoms with van der Waals surface area (Å²) in [5, 5.41) is 3.17. The Kier molecular flexibility index (Phi) is 5.64. The van der Waals surface area contributed by atoms with E-state index in [-0.39, 0.29) is 0 Å². The van der Waals surface area contributed by atoms with Crippen molar-refractivity contribution in [1.29, 1.82) is 0 Å². The average molecular weight is 360 g/mol. The number of anilines is 2. The molecule has 1 aliphatic rings. The van der Waals surface area contributed by atoms with E-state index in [4.69, 9.17) is 4.98 Å². The molecule has 0 saturated carbocycles. The highest BCUT2D eigenvalue weighted by Gasteiger charge is 2.22. The molecule has 1 saturated heterocycles. The Labute approximate surface area is 159 Å². The van der Waals surface area contributed by atoms with E-state index in [2.05, 4.69) is 55.5 Å². The van der Waals surface area contributed by atoms with Crippen molar-refractivity contribution in [3.05, 3.63) is 72.6 Å². The fourth-order valence-electron chi connectivity index (χ4n) is 3.52. The van der Waals surface area contributed by atoms with Crippen LogP contribution in [-0.4, -0.2) is 44.5 Å². The number of piperidine rings is 1. The lowest BCUT2D eigenvalue weighted by Crippen LogP contribution is -2.34. The molecular weight excluding hydrogens is 336 g/mol. The SMILES string of the molecule is c1ccc(CCN2CCC(c3cncc(Nc4cnccn4)n3)CC2)cc1. The molecule has 1 aromatic carbocycles. The van der Waals surface area contributed by atoms with Crippen LogP contribution in [0.25, 0.3) is 0 Å². The zero-order valence-corrected chi connectivity index (χ0v) is 15.3. The van der Waals surface area contributed by atoms with Crippen LogP contribution in [0.5, 0.6) is 0 Å². The Bertz CT molecular complexity index is 832. The Hall–Kier alpha value is -2.86. The maximum atomic E-state index is 4.75. The predicted molar refractivity (Wildman–Crippen MR) is 106 cm³/mol. The zero-order valence-electron chi connectivity index (χ0n) is 15.3. The van der Waals surface area contributed by atoms with Gasteiger partial charge in [-0.2, -0.15) is 0 Å². The molecule has 3 aromatic rings. The Morgan fingerprint density at radius 3 is 2.52 bits per heavy atom. The molecule has 0 unspecified atom stereocenters. The quantitative estimate of drug-likeness (QED) is 0.726. The van der Waals surface area contributed by atoms with Gasteiger partial charge in [-0.25, -0.2) is 9.97 Å². The monoisotopic (exact) mass is 360 g/mol. The summed E-state index contributed by atoms with van der Waals surface area (Å²) in [6, 6.07) is 10.7. The van der Waals surface area contributed by atoms with Crippen molar-refractivity contribution in [3.63, 3.8) is 0 Å². The summed E-state index contributed by atoms with van der Waals surface area (Å²) in [6.07, 6.45) is 12.0. The Morgan fingerprint density at radius 2 is 1.74 bits per heavy atom. The second kappa shape index (κ2) is 8.68. The van der Waals surface area contributed by atoms with Gasteiger partial charge in [0.15, 0.2) is 0 Å². The van der Waals surface area contributed by atoms with Crippen LogP contribution in [0.1, 0.15) is 30.0 Å². The zero-order chi connectivity index (χ0) is 18.3. The number of rotatable bonds is 6. The number of likely N-dealkylation sites (tertiary alicyclic amines) is 1. The topological polar surface area (TPSA) is 66.8 Å². The molecule has 27 heavy (non-hydrogen) atoms. The first kappa shape index (κ1) is 17.5. The maximum Gasteiger partial charge on any atom is 0.150 e. The summed E-state index contributed by atoms with van der Waals surface area (Å²) < 4.78 is 0. The number of hydrogen-bond donors (Lipinski definition) is 1. The van der Waals surface area contributed by atoms with Crippen LogP contribution in [0.2, 0.25) is 0 Å². The van der Waals surface area contributed by atoms with Crippen LogP contribution in [-0.2, 0) is 6.42 Å². The average Bonchev–Trinajstić information content (AvgIpc) is 2.74. The number of nitrogens with zero attached hydrogens (tertiary/aromatic N) is 5. The normalized spacial score (nSPS) is 15.6. The molecular formula is C21H24N6. The van der Waals surface area contributed by atoms with E-state index >= 15 is 0 Å². The molecule has 0 bridgehead atoms. The van der Waals surface area contributed by atoms with Crippen LogP contribution in [0.4, 0.5) is 11.6 Å². The first-order valence-corrected chi connectivity index (χ1v) is 9.48. The van der Waals surface area contributed by atoms with Crippen molar-refractivity contribution in [2.75, 3.05) is 25.0 Å². The summed E-state index contributed by atoms with van der Waals surface area (Å²) in [4.78, 5) is 20.0. The number of nitrogens with one attached hydrogen (secondary N) is 1. The fourth-order valence-corrected chi connectivity index (χ4v) is 3.52. The van der Waals surface area contributed by atoms with Gasteiger partial charge in [-0.15, -0.1) is 0 Å². The minimum atomic E-state index is 0.467. The highest BCUT2D eigenvalue weighted by atomic mass is 15.1. The lowest BCUT2D eigenvalue weighted by atomic mass is 9.93. The third kappa shape index (κ3) is 4.86. The molecule has 6 heteroatoms. The summed E-state index contributed by atoms with van der Waals surface area (Å²) >= 11 is 0. The van der Waals surface area contributed by atoms with Crippen LogP contribution in [0, 0.1) is 0 Å². The highest BCUT2D eigenvalue weighted by Crippen LogP contribution is 2.27. The highest BCUT2D eigenvalue weighted by molar-refractivity contribution is 5.48. The lowest BCUT2D eigenvalue weighted by molar-refractivity contribution is 0.213. The van der Waals surface area contributed by atoms with Gasteiger partial charge in [0.25, 0.3) is 0 Å². The van der Waals surface area contributed by atoms with E-state index in [0.29, 0.717) is 11.7 Å². The van der Waals surface area contributed by atoms with Gasteiger partial charge >= 0.3 is 0 Å². The van der Waals surface area contributed by atoms with Crippen molar-refractivity contribution in [2.45, 2.75) is 25.2 Å². The molecule has 4 rings (SSSR count). The van der Waals surface area contributed by atoms with Gasteiger partial charge in [-0.05, 0) is 37.9 Å².